The largest absolute Gasteiger partial charge is 0.353 e. The van der Waals surface area contributed by atoms with Crippen LogP contribution in [0.1, 0.15) is 50.8 Å². The van der Waals surface area contributed by atoms with E-state index in [0.717, 1.165) is 36.9 Å². The van der Waals surface area contributed by atoms with E-state index in [4.69, 9.17) is 0 Å². The molecule has 1 atom stereocenters. The van der Waals surface area contributed by atoms with Crippen molar-refractivity contribution in [2.45, 2.75) is 58.7 Å². The summed E-state index contributed by atoms with van der Waals surface area (Å²) in [6, 6.07) is 14.1. The van der Waals surface area contributed by atoms with Gasteiger partial charge in [-0.2, -0.15) is 0 Å². The van der Waals surface area contributed by atoms with Crippen molar-refractivity contribution in [2.24, 2.45) is 13.0 Å². The Balaban J connectivity index is 1.77. The number of aromatic nitrogens is 1. The second-order valence-corrected chi connectivity index (χ2v) is 8.20. The van der Waals surface area contributed by atoms with Gasteiger partial charge in [0.2, 0.25) is 11.8 Å². The summed E-state index contributed by atoms with van der Waals surface area (Å²) in [4.78, 5) is 30.0. The summed E-state index contributed by atoms with van der Waals surface area (Å²) in [5.41, 5.74) is 2.17. The number of nitrogens with zero attached hydrogens (tertiary/aromatic N) is 3. The van der Waals surface area contributed by atoms with Gasteiger partial charge in [-0.15, -0.1) is 0 Å². The Hall–Kier alpha value is -2.56. The van der Waals surface area contributed by atoms with Crippen molar-refractivity contribution < 1.29 is 9.59 Å². The molecule has 2 amide bonds. The normalized spacial score (nSPS) is 14.9. The van der Waals surface area contributed by atoms with E-state index in [1.54, 1.807) is 0 Å². The van der Waals surface area contributed by atoms with Gasteiger partial charge < -0.3 is 14.4 Å². The lowest BCUT2D eigenvalue weighted by atomic mass is 9.84. The minimum atomic E-state index is 0.00280. The maximum absolute atomic E-state index is 13.4. The molecule has 1 aromatic heterocycles. The fourth-order valence-corrected chi connectivity index (χ4v) is 3.70. The topological polar surface area (TPSA) is 45.6 Å². The summed E-state index contributed by atoms with van der Waals surface area (Å²) >= 11 is 0. The van der Waals surface area contributed by atoms with Crippen molar-refractivity contribution in [3.63, 3.8) is 0 Å². The van der Waals surface area contributed by atoms with Crippen LogP contribution in [0.2, 0.25) is 0 Å². The first-order chi connectivity index (χ1) is 14.0. The van der Waals surface area contributed by atoms with Crippen LogP contribution in [0.25, 0.3) is 0 Å². The van der Waals surface area contributed by atoms with E-state index in [2.05, 4.69) is 6.92 Å². The first-order valence-electron chi connectivity index (χ1n) is 10.7. The van der Waals surface area contributed by atoms with Crippen molar-refractivity contribution in [1.29, 1.82) is 0 Å². The number of aryl methyl sites for hydroxylation is 1. The average Bonchev–Trinajstić information content (AvgIpc) is 3.08. The third-order valence-corrected chi connectivity index (χ3v) is 6.14. The average molecular weight is 396 g/mol. The van der Waals surface area contributed by atoms with Gasteiger partial charge in [0.1, 0.15) is 6.54 Å². The standard InChI is InChI=1S/C24H33N3O2/c1-4-19(2)27(24(29)21-12-8-13-21)18-23(28)26(16-20-10-6-5-7-11-20)17-22-14-9-15-25(22)3/h5-7,9-11,14-15,19,21H,4,8,12-13,16-18H2,1-3H3. The maximum atomic E-state index is 13.4. The fourth-order valence-electron chi connectivity index (χ4n) is 3.70. The summed E-state index contributed by atoms with van der Waals surface area (Å²) < 4.78 is 2.04. The molecule has 0 saturated heterocycles. The van der Waals surface area contributed by atoms with Crippen LogP contribution < -0.4 is 0 Å². The molecule has 1 unspecified atom stereocenters. The van der Waals surface area contributed by atoms with E-state index in [1.165, 1.54) is 0 Å². The monoisotopic (exact) mass is 395 g/mol. The molecule has 0 N–H and O–H groups in total. The molecule has 0 spiro atoms. The molecule has 156 valence electrons. The highest BCUT2D eigenvalue weighted by molar-refractivity contribution is 5.86. The van der Waals surface area contributed by atoms with Crippen LogP contribution >= 0.6 is 0 Å². The van der Waals surface area contributed by atoms with Crippen molar-refractivity contribution in [1.82, 2.24) is 14.4 Å². The SMILES string of the molecule is CCC(C)N(CC(=O)N(Cc1ccccc1)Cc1cccn1C)C(=O)C1CCC1. The smallest absolute Gasteiger partial charge is 0.242 e. The van der Waals surface area contributed by atoms with Gasteiger partial charge in [-0.1, -0.05) is 43.7 Å². The van der Waals surface area contributed by atoms with Gasteiger partial charge in [0.15, 0.2) is 0 Å². The Kier molecular flexibility index (Phi) is 7.13. The summed E-state index contributed by atoms with van der Waals surface area (Å²) in [7, 11) is 1.99. The molecule has 2 aromatic rings. The third kappa shape index (κ3) is 5.28. The van der Waals surface area contributed by atoms with E-state index in [9.17, 15) is 9.59 Å². The highest BCUT2D eigenvalue weighted by atomic mass is 16.2. The van der Waals surface area contributed by atoms with E-state index in [1.807, 2.05) is 77.0 Å². The molecular weight excluding hydrogens is 362 g/mol. The van der Waals surface area contributed by atoms with Gasteiger partial charge >= 0.3 is 0 Å². The van der Waals surface area contributed by atoms with E-state index >= 15 is 0 Å². The van der Waals surface area contributed by atoms with E-state index in [-0.39, 0.29) is 30.3 Å². The molecule has 0 radical (unpaired) electrons. The number of carbonyl (C=O) groups excluding carboxylic acids is 2. The lowest BCUT2D eigenvalue weighted by Crippen LogP contribution is -2.49. The highest BCUT2D eigenvalue weighted by Crippen LogP contribution is 2.29. The molecule has 0 bridgehead atoms. The van der Waals surface area contributed by atoms with Gasteiger partial charge in [0.25, 0.3) is 0 Å². The van der Waals surface area contributed by atoms with Crippen LogP contribution in [0.3, 0.4) is 0 Å². The van der Waals surface area contributed by atoms with Gasteiger partial charge in [-0.3, -0.25) is 9.59 Å². The molecule has 3 rings (SSSR count). The Morgan fingerprint density at radius 2 is 1.83 bits per heavy atom. The Morgan fingerprint density at radius 1 is 1.10 bits per heavy atom. The van der Waals surface area contributed by atoms with Crippen LogP contribution in [-0.4, -0.2) is 38.8 Å². The maximum Gasteiger partial charge on any atom is 0.242 e. The van der Waals surface area contributed by atoms with Gasteiger partial charge in [0.05, 0.1) is 6.54 Å². The molecule has 0 aliphatic heterocycles. The number of hydrogen-bond donors (Lipinski definition) is 0. The third-order valence-electron chi connectivity index (χ3n) is 6.14. The van der Waals surface area contributed by atoms with Crippen LogP contribution in [-0.2, 0) is 29.7 Å². The van der Waals surface area contributed by atoms with E-state index < -0.39 is 0 Å². The first-order valence-corrected chi connectivity index (χ1v) is 10.7. The lowest BCUT2D eigenvalue weighted by molar-refractivity contribution is -0.147. The summed E-state index contributed by atoms with van der Waals surface area (Å²) in [6.07, 6.45) is 5.87. The second-order valence-electron chi connectivity index (χ2n) is 8.20. The van der Waals surface area contributed by atoms with Gasteiger partial charge in [-0.25, -0.2) is 0 Å². The molecule has 1 aromatic carbocycles. The number of amides is 2. The zero-order chi connectivity index (χ0) is 20.8. The number of benzene rings is 1. The molecule has 1 heterocycles. The van der Waals surface area contributed by atoms with Crippen LogP contribution in [0, 0.1) is 5.92 Å². The van der Waals surface area contributed by atoms with E-state index in [0.29, 0.717) is 13.1 Å². The highest BCUT2D eigenvalue weighted by Gasteiger charge is 2.33. The second kappa shape index (κ2) is 9.77. The first kappa shape index (κ1) is 21.2. The Bertz CT molecular complexity index is 811. The van der Waals surface area contributed by atoms with Crippen molar-refractivity contribution >= 4 is 11.8 Å². The Labute approximate surface area is 174 Å². The summed E-state index contributed by atoms with van der Waals surface area (Å²) in [5, 5.41) is 0. The molecule has 1 saturated carbocycles. The summed E-state index contributed by atoms with van der Waals surface area (Å²) in [5.74, 6) is 0.257. The molecule has 1 fully saturated rings. The predicted molar refractivity (Wildman–Crippen MR) is 115 cm³/mol. The molecular formula is C24H33N3O2. The zero-order valence-electron chi connectivity index (χ0n) is 17.9. The van der Waals surface area contributed by atoms with Crippen LogP contribution in [0.15, 0.2) is 48.7 Å². The quantitative estimate of drug-likeness (QED) is 0.645. The molecule has 1 aliphatic rings. The molecule has 1 aliphatic carbocycles. The molecule has 29 heavy (non-hydrogen) atoms. The molecule has 5 heteroatoms. The molecule has 5 nitrogen and oxygen atoms in total. The fraction of sp³-hybridized carbons (Fsp3) is 0.500. The Morgan fingerprint density at radius 3 is 2.38 bits per heavy atom. The minimum Gasteiger partial charge on any atom is -0.353 e. The predicted octanol–water partition coefficient (Wildman–Crippen LogP) is 3.98. The minimum absolute atomic E-state index is 0.00280. The lowest BCUT2D eigenvalue weighted by Gasteiger charge is -2.36. The van der Waals surface area contributed by atoms with Crippen molar-refractivity contribution in [3.05, 3.63) is 59.9 Å². The van der Waals surface area contributed by atoms with Gasteiger partial charge in [-0.05, 0) is 43.9 Å². The zero-order valence-corrected chi connectivity index (χ0v) is 17.9. The van der Waals surface area contributed by atoms with Crippen molar-refractivity contribution in [3.8, 4) is 0 Å². The van der Waals surface area contributed by atoms with Crippen LogP contribution in [0.4, 0.5) is 0 Å². The number of carbonyl (C=O) groups is 2. The summed E-state index contributed by atoms with van der Waals surface area (Å²) in [6.45, 7) is 5.34. The number of hydrogen-bond acceptors (Lipinski definition) is 2. The number of rotatable bonds is 9. The van der Waals surface area contributed by atoms with Crippen molar-refractivity contribution in [2.75, 3.05) is 6.54 Å². The van der Waals surface area contributed by atoms with Gasteiger partial charge in [0, 0.05) is 37.4 Å². The van der Waals surface area contributed by atoms with Crippen LogP contribution in [0.5, 0.6) is 0 Å².